The second-order valence-corrected chi connectivity index (χ2v) is 5.21. The molecule has 5 nitrogen and oxygen atoms in total. The second kappa shape index (κ2) is 6.10. The maximum Gasteiger partial charge on any atom is 0.338 e. The molecule has 110 valence electrons. The third-order valence-corrected chi connectivity index (χ3v) is 3.17. The van der Waals surface area contributed by atoms with Crippen LogP contribution in [0.4, 0.5) is 0 Å². The van der Waals surface area contributed by atoms with Crippen molar-refractivity contribution in [1.29, 1.82) is 0 Å². The summed E-state index contributed by atoms with van der Waals surface area (Å²) >= 11 is 5.81. The normalized spacial score (nSPS) is 12.0. The molecule has 1 aromatic carbocycles. The van der Waals surface area contributed by atoms with Gasteiger partial charge in [0.2, 0.25) is 0 Å². The van der Waals surface area contributed by atoms with Gasteiger partial charge in [-0.05, 0) is 37.3 Å². The number of fused-ring (bicyclic) bond motifs is 1. The van der Waals surface area contributed by atoms with Crippen LogP contribution in [0.3, 0.4) is 0 Å². The fourth-order valence-electron chi connectivity index (χ4n) is 1.87. The van der Waals surface area contributed by atoms with Gasteiger partial charge in [0.25, 0.3) is 5.91 Å². The van der Waals surface area contributed by atoms with Gasteiger partial charge in [0.05, 0.1) is 11.1 Å². The molecule has 1 amide bonds. The van der Waals surface area contributed by atoms with E-state index in [-0.39, 0.29) is 5.91 Å². The maximum atomic E-state index is 12.1. The highest BCUT2D eigenvalue weighted by Crippen LogP contribution is 2.18. The molecule has 0 spiro atoms. The minimum absolute atomic E-state index is 0.266. The molecule has 2 aromatic rings. The van der Waals surface area contributed by atoms with E-state index in [9.17, 15) is 9.59 Å². The molecule has 2 rings (SSSR count). The summed E-state index contributed by atoms with van der Waals surface area (Å²) in [6.07, 6.45) is -0.827. The minimum atomic E-state index is -0.827. The molecule has 21 heavy (non-hydrogen) atoms. The number of hydrogen-bond donors (Lipinski definition) is 0. The molecular formula is C15H15ClN2O3. The second-order valence-electron chi connectivity index (χ2n) is 4.82. The molecular weight excluding hydrogens is 292 g/mol. The monoisotopic (exact) mass is 306 g/mol. The number of hydrogen-bond acceptors (Lipinski definition) is 4. The van der Waals surface area contributed by atoms with Crippen molar-refractivity contribution < 1.29 is 14.3 Å². The Balaban J connectivity index is 2.20. The van der Waals surface area contributed by atoms with Gasteiger partial charge in [-0.25, -0.2) is 9.78 Å². The number of aromatic nitrogens is 1. The Labute approximate surface area is 127 Å². The SMILES string of the molecule is CC(OC(=O)c1ccc2nc(Cl)ccc2c1)C(=O)N(C)C. The standard InChI is InChI=1S/C15H15ClN2O3/c1-9(14(19)18(2)3)21-15(20)11-4-6-12-10(8-11)5-7-13(16)17-12/h4-9H,1-3H3. The number of ether oxygens (including phenoxy) is 1. The summed E-state index contributed by atoms with van der Waals surface area (Å²) in [6.45, 7) is 1.54. The first-order valence-corrected chi connectivity index (χ1v) is 6.75. The Morgan fingerprint density at radius 2 is 1.95 bits per heavy atom. The zero-order valence-corrected chi connectivity index (χ0v) is 12.7. The van der Waals surface area contributed by atoms with Gasteiger partial charge in [-0.3, -0.25) is 4.79 Å². The predicted octanol–water partition coefficient (Wildman–Crippen LogP) is 2.52. The molecule has 1 aromatic heterocycles. The van der Waals surface area contributed by atoms with Gasteiger partial charge in [-0.2, -0.15) is 0 Å². The fourth-order valence-corrected chi connectivity index (χ4v) is 2.02. The van der Waals surface area contributed by atoms with E-state index in [1.54, 1.807) is 51.4 Å². The van der Waals surface area contributed by atoms with Crippen molar-refractivity contribution in [3.63, 3.8) is 0 Å². The van der Waals surface area contributed by atoms with Crippen LogP contribution < -0.4 is 0 Å². The van der Waals surface area contributed by atoms with Gasteiger partial charge in [0, 0.05) is 19.5 Å². The van der Waals surface area contributed by atoms with Crippen LogP contribution in [-0.2, 0) is 9.53 Å². The van der Waals surface area contributed by atoms with Crippen LogP contribution in [0.5, 0.6) is 0 Å². The molecule has 0 radical (unpaired) electrons. The zero-order valence-electron chi connectivity index (χ0n) is 12.0. The van der Waals surface area contributed by atoms with Crippen LogP contribution >= 0.6 is 11.6 Å². The highest BCUT2D eigenvalue weighted by atomic mass is 35.5. The Morgan fingerprint density at radius 1 is 1.24 bits per heavy atom. The van der Waals surface area contributed by atoms with E-state index < -0.39 is 12.1 Å². The Hall–Kier alpha value is -2.14. The van der Waals surface area contributed by atoms with Crippen molar-refractivity contribution in [1.82, 2.24) is 9.88 Å². The van der Waals surface area contributed by atoms with Crippen molar-refractivity contribution in [2.45, 2.75) is 13.0 Å². The summed E-state index contributed by atoms with van der Waals surface area (Å²) in [7, 11) is 3.22. The average Bonchev–Trinajstić information content (AvgIpc) is 2.45. The number of amides is 1. The van der Waals surface area contributed by atoms with Crippen molar-refractivity contribution in [2.24, 2.45) is 0 Å². The molecule has 0 N–H and O–H groups in total. The lowest BCUT2D eigenvalue weighted by Gasteiger charge is -2.17. The van der Waals surface area contributed by atoms with Crippen LogP contribution in [0.25, 0.3) is 10.9 Å². The van der Waals surface area contributed by atoms with E-state index in [0.717, 1.165) is 5.39 Å². The summed E-state index contributed by atoms with van der Waals surface area (Å²) < 4.78 is 5.16. The van der Waals surface area contributed by atoms with E-state index >= 15 is 0 Å². The summed E-state index contributed by atoms with van der Waals surface area (Å²) in [5, 5.41) is 1.17. The van der Waals surface area contributed by atoms with E-state index in [1.165, 1.54) is 4.90 Å². The molecule has 6 heteroatoms. The maximum absolute atomic E-state index is 12.1. The van der Waals surface area contributed by atoms with Crippen molar-refractivity contribution in [2.75, 3.05) is 14.1 Å². The van der Waals surface area contributed by atoms with Crippen LogP contribution in [0.15, 0.2) is 30.3 Å². The van der Waals surface area contributed by atoms with E-state index in [4.69, 9.17) is 16.3 Å². The highest BCUT2D eigenvalue weighted by molar-refractivity contribution is 6.29. The first kappa shape index (κ1) is 15.3. The fraction of sp³-hybridized carbons (Fsp3) is 0.267. The van der Waals surface area contributed by atoms with Gasteiger partial charge < -0.3 is 9.64 Å². The smallest absolute Gasteiger partial charge is 0.338 e. The summed E-state index contributed by atoms with van der Waals surface area (Å²) in [4.78, 5) is 29.3. The molecule has 0 aliphatic rings. The Morgan fingerprint density at radius 3 is 2.62 bits per heavy atom. The van der Waals surface area contributed by atoms with Crippen molar-refractivity contribution in [3.05, 3.63) is 41.0 Å². The third kappa shape index (κ3) is 3.49. The summed E-state index contributed by atoms with van der Waals surface area (Å²) in [5.74, 6) is -0.813. The number of rotatable bonds is 3. The molecule has 0 saturated carbocycles. The van der Waals surface area contributed by atoms with Gasteiger partial charge in [-0.15, -0.1) is 0 Å². The lowest BCUT2D eigenvalue weighted by molar-refractivity contribution is -0.137. The highest BCUT2D eigenvalue weighted by Gasteiger charge is 2.20. The molecule has 1 atom stereocenters. The van der Waals surface area contributed by atoms with Crippen molar-refractivity contribution >= 4 is 34.4 Å². The van der Waals surface area contributed by atoms with Crippen LogP contribution in [0.2, 0.25) is 5.15 Å². The van der Waals surface area contributed by atoms with E-state index in [0.29, 0.717) is 16.2 Å². The molecule has 0 fully saturated rings. The number of likely N-dealkylation sites (N-methyl/N-ethyl adjacent to an activating group) is 1. The number of carbonyl (C=O) groups is 2. The molecule has 0 bridgehead atoms. The van der Waals surface area contributed by atoms with Gasteiger partial charge in [-0.1, -0.05) is 11.6 Å². The quantitative estimate of drug-likeness (QED) is 0.646. The molecule has 0 saturated heterocycles. The van der Waals surface area contributed by atoms with Gasteiger partial charge >= 0.3 is 5.97 Å². The first-order valence-electron chi connectivity index (χ1n) is 6.37. The average molecular weight is 307 g/mol. The zero-order chi connectivity index (χ0) is 15.6. The summed E-state index contributed by atoms with van der Waals surface area (Å²) in [6, 6.07) is 8.37. The number of halogens is 1. The van der Waals surface area contributed by atoms with E-state index in [2.05, 4.69) is 4.98 Å². The summed E-state index contributed by atoms with van der Waals surface area (Å²) in [5.41, 5.74) is 1.06. The number of esters is 1. The van der Waals surface area contributed by atoms with E-state index in [1.807, 2.05) is 0 Å². The van der Waals surface area contributed by atoms with Gasteiger partial charge in [0.1, 0.15) is 5.15 Å². The van der Waals surface area contributed by atoms with Crippen molar-refractivity contribution in [3.8, 4) is 0 Å². The largest absolute Gasteiger partial charge is 0.449 e. The Kier molecular flexibility index (Phi) is 4.43. The molecule has 1 unspecified atom stereocenters. The first-order chi connectivity index (χ1) is 9.88. The van der Waals surface area contributed by atoms with Gasteiger partial charge in [0.15, 0.2) is 6.10 Å². The lowest BCUT2D eigenvalue weighted by Crippen LogP contribution is -2.34. The van der Waals surface area contributed by atoms with Crippen LogP contribution in [0.1, 0.15) is 17.3 Å². The predicted molar refractivity (Wildman–Crippen MR) is 80.3 cm³/mol. The van der Waals surface area contributed by atoms with Crippen LogP contribution in [-0.4, -0.2) is 42.0 Å². The third-order valence-electron chi connectivity index (χ3n) is 2.96. The topological polar surface area (TPSA) is 59.5 Å². The molecule has 0 aliphatic heterocycles. The minimum Gasteiger partial charge on any atom is -0.449 e. The number of carbonyl (C=O) groups excluding carboxylic acids is 2. The number of benzene rings is 1. The van der Waals surface area contributed by atoms with Crippen LogP contribution in [0, 0.1) is 0 Å². The molecule has 0 aliphatic carbocycles. The Bertz CT molecular complexity index is 700. The number of nitrogens with zero attached hydrogens (tertiary/aromatic N) is 2. The number of pyridine rings is 1. The lowest BCUT2D eigenvalue weighted by atomic mass is 10.1. The molecule has 1 heterocycles.